The van der Waals surface area contributed by atoms with Gasteiger partial charge in [-0.25, -0.2) is 0 Å². The molecule has 2 rings (SSSR count). The summed E-state index contributed by atoms with van der Waals surface area (Å²) in [5.41, 5.74) is 5.37. The molecule has 2 aliphatic rings. The van der Waals surface area contributed by atoms with Gasteiger partial charge < -0.3 is 15.8 Å². The van der Waals surface area contributed by atoms with Crippen LogP contribution < -0.4 is 11.1 Å². The highest BCUT2D eigenvalue weighted by Gasteiger charge is 2.44. The number of carbonyl (C=O) groups is 1. The predicted molar refractivity (Wildman–Crippen MR) is 57.3 cm³/mol. The first-order chi connectivity index (χ1) is 7.10. The van der Waals surface area contributed by atoms with Gasteiger partial charge in [0.05, 0.1) is 5.54 Å². The molecule has 0 spiro atoms. The van der Waals surface area contributed by atoms with Crippen LogP contribution in [0.5, 0.6) is 0 Å². The molecule has 1 saturated heterocycles. The Morgan fingerprint density at radius 1 is 1.33 bits per heavy atom. The Bertz CT molecular complexity index is 243. The zero-order valence-electron chi connectivity index (χ0n) is 9.29. The molecule has 1 aliphatic heterocycles. The molecule has 1 unspecified atom stereocenters. The lowest BCUT2D eigenvalue weighted by atomic mass is 9.95. The van der Waals surface area contributed by atoms with Crippen molar-refractivity contribution in [3.63, 3.8) is 0 Å². The zero-order valence-corrected chi connectivity index (χ0v) is 9.29. The van der Waals surface area contributed by atoms with E-state index in [9.17, 15) is 4.79 Å². The molecule has 1 aliphatic carbocycles. The monoisotopic (exact) mass is 212 g/mol. The van der Waals surface area contributed by atoms with Gasteiger partial charge in [0, 0.05) is 19.3 Å². The molecule has 1 amide bonds. The van der Waals surface area contributed by atoms with Crippen molar-refractivity contribution in [2.45, 2.75) is 44.2 Å². The number of nitrogens with one attached hydrogen (secondary N) is 1. The van der Waals surface area contributed by atoms with Gasteiger partial charge in [0.1, 0.15) is 0 Å². The van der Waals surface area contributed by atoms with Gasteiger partial charge in [0.2, 0.25) is 5.91 Å². The molecule has 15 heavy (non-hydrogen) atoms. The van der Waals surface area contributed by atoms with Crippen molar-refractivity contribution in [1.29, 1.82) is 0 Å². The van der Waals surface area contributed by atoms with E-state index in [0.29, 0.717) is 5.92 Å². The minimum absolute atomic E-state index is 0.0110. The number of amides is 1. The summed E-state index contributed by atoms with van der Waals surface area (Å²) < 4.78 is 5.24. The average molecular weight is 212 g/mol. The van der Waals surface area contributed by atoms with Gasteiger partial charge in [0.15, 0.2) is 0 Å². The first-order valence-corrected chi connectivity index (χ1v) is 5.78. The van der Waals surface area contributed by atoms with E-state index in [1.165, 1.54) is 0 Å². The maximum atomic E-state index is 11.9. The summed E-state index contributed by atoms with van der Waals surface area (Å²) in [7, 11) is 0. The van der Waals surface area contributed by atoms with Crippen molar-refractivity contribution >= 4 is 5.91 Å². The molecule has 86 valence electrons. The SMILES string of the molecule is CC(N)(C(=O)NC1CCOCC1)C1CC1. The smallest absolute Gasteiger partial charge is 0.240 e. The Kier molecular flexibility index (Phi) is 2.98. The van der Waals surface area contributed by atoms with Crippen LogP contribution in [-0.2, 0) is 9.53 Å². The zero-order chi connectivity index (χ0) is 10.9. The third kappa shape index (κ3) is 2.49. The Morgan fingerprint density at radius 3 is 2.47 bits per heavy atom. The number of nitrogens with two attached hydrogens (primary N) is 1. The molecule has 0 radical (unpaired) electrons. The second kappa shape index (κ2) is 4.10. The largest absolute Gasteiger partial charge is 0.381 e. The van der Waals surface area contributed by atoms with Crippen LogP contribution in [0.4, 0.5) is 0 Å². The highest BCUT2D eigenvalue weighted by Crippen LogP contribution is 2.38. The number of rotatable bonds is 3. The van der Waals surface area contributed by atoms with Crippen molar-refractivity contribution in [3.05, 3.63) is 0 Å². The Hall–Kier alpha value is -0.610. The maximum absolute atomic E-state index is 11.9. The van der Waals surface area contributed by atoms with E-state index in [0.717, 1.165) is 38.9 Å². The normalized spacial score (nSPS) is 27.1. The molecule has 3 N–H and O–H groups in total. The van der Waals surface area contributed by atoms with Crippen molar-refractivity contribution in [2.75, 3.05) is 13.2 Å². The van der Waals surface area contributed by atoms with Gasteiger partial charge in [-0.2, -0.15) is 0 Å². The van der Waals surface area contributed by atoms with E-state index < -0.39 is 5.54 Å². The lowest BCUT2D eigenvalue weighted by molar-refractivity contribution is -0.127. The van der Waals surface area contributed by atoms with E-state index >= 15 is 0 Å². The van der Waals surface area contributed by atoms with E-state index in [1.54, 1.807) is 0 Å². The molecule has 0 aromatic carbocycles. The van der Waals surface area contributed by atoms with Crippen LogP contribution in [0.15, 0.2) is 0 Å². The summed E-state index contributed by atoms with van der Waals surface area (Å²) >= 11 is 0. The number of hydrogen-bond donors (Lipinski definition) is 2. The second-order valence-corrected chi connectivity index (χ2v) is 4.92. The van der Waals surface area contributed by atoms with Gasteiger partial charge in [-0.15, -0.1) is 0 Å². The van der Waals surface area contributed by atoms with Crippen molar-refractivity contribution in [2.24, 2.45) is 11.7 Å². The third-order valence-corrected chi connectivity index (χ3v) is 3.47. The van der Waals surface area contributed by atoms with E-state index in [1.807, 2.05) is 6.92 Å². The van der Waals surface area contributed by atoms with Crippen LogP contribution in [0.1, 0.15) is 32.6 Å². The quantitative estimate of drug-likeness (QED) is 0.712. The fourth-order valence-corrected chi connectivity index (χ4v) is 2.05. The van der Waals surface area contributed by atoms with E-state index in [2.05, 4.69) is 5.32 Å². The number of carbonyl (C=O) groups excluding carboxylic acids is 1. The van der Waals surface area contributed by atoms with Crippen molar-refractivity contribution < 1.29 is 9.53 Å². The summed E-state index contributed by atoms with van der Waals surface area (Å²) in [6.45, 7) is 3.34. The molecular formula is C11H20N2O2. The molecule has 0 aromatic heterocycles. The fourth-order valence-electron chi connectivity index (χ4n) is 2.05. The van der Waals surface area contributed by atoms with E-state index in [-0.39, 0.29) is 11.9 Å². The van der Waals surface area contributed by atoms with Crippen LogP contribution in [0, 0.1) is 5.92 Å². The third-order valence-electron chi connectivity index (χ3n) is 3.47. The number of ether oxygens (including phenoxy) is 1. The molecule has 2 fully saturated rings. The molecule has 4 heteroatoms. The maximum Gasteiger partial charge on any atom is 0.240 e. The predicted octanol–water partition coefficient (Wildman–Crippen LogP) is 0.409. The summed E-state index contributed by atoms with van der Waals surface area (Å²) in [6, 6.07) is 0.257. The Labute approximate surface area is 90.5 Å². The van der Waals surface area contributed by atoms with Crippen molar-refractivity contribution in [1.82, 2.24) is 5.32 Å². The van der Waals surface area contributed by atoms with Crippen LogP contribution in [0.2, 0.25) is 0 Å². The molecule has 0 aromatic rings. The van der Waals surface area contributed by atoms with Gasteiger partial charge in [-0.3, -0.25) is 4.79 Å². The van der Waals surface area contributed by atoms with Gasteiger partial charge in [-0.1, -0.05) is 0 Å². The lowest BCUT2D eigenvalue weighted by Crippen LogP contribution is -2.56. The minimum atomic E-state index is -0.668. The Morgan fingerprint density at radius 2 is 1.93 bits per heavy atom. The first-order valence-electron chi connectivity index (χ1n) is 5.78. The average Bonchev–Trinajstić information content (AvgIpc) is 3.02. The minimum Gasteiger partial charge on any atom is -0.381 e. The number of hydrogen-bond acceptors (Lipinski definition) is 3. The van der Waals surface area contributed by atoms with Crippen LogP contribution in [0.25, 0.3) is 0 Å². The molecule has 0 bridgehead atoms. The molecule has 1 saturated carbocycles. The van der Waals surface area contributed by atoms with Crippen molar-refractivity contribution in [3.8, 4) is 0 Å². The van der Waals surface area contributed by atoms with Crippen LogP contribution in [-0.4, -0.2) is 30.7 Å². The highest BCUT2D eigenvalue weighted by molar-refractivity contribution is 5.86. The summed E-state index contributed by atoms with van der Waals surface area (Å²) in [5, 5.41) is 3.04. The highest BCUT2D eigenvalue weighted by atomic mass is 16.5. The molecule has 4 nitrogen and oxygen atoms in total. The molecular weight excluding hydrogens is 192 g/mol. The summed E-state index contributed by atoms with van der Waals surface area (Å²) in [5.74, 6) is 0.397. The topological polar surface area (TPSA) is 64.4 Å². The second-order valence-electron chi connectivity index (χ2n) is 4.92. The molecule has 1 atom stereocenters. The molecule has 1 heterocycles. The fraction of sp³-hybridized carbons (Fsp3) is 0.909. The van der Waals surface area contributed by atoms with Crippen LogP contribution >= 0.6 is 0 Å². The standard InChI is InChI=1S/C11H20N2O2/c1-11(12,8-2-3-8)10(14)13-9-4-6-15-7-5-9/h8-9H,2-7,12H2,1H3,(H,13,14). The van der Waals surface area contributed by atoms with Gasteiger partial charge in [-0.05, 0) is 38.5 Å². The van der Waals surface area contributed by atoms with Gasteiger partial charge in [0.25, 0.3) is 0 Å². The first kappa shape index (κ1) is 10.9. The lowest BCUT2D eigenvalue weighted by Gasteiger charge is -2.29. The van der Waals surface area contributed by atoms with Crippen LogP contribution in [0.3, 0.4) is 0 Å². The van der Waals surface area contributed by atoms with E-state index in [4.69, 9.17) is 10.5 Å². The van der Waals surface area contributed by atoms with Gasteiger partial charge >= 0.3 is 0 Å². The summed E-state index contributed by atoms with van der Waals surface area (Å²) in [6.07, 6.45) is 4.00. The Balaban J connectivity index is 1.84. The summed E-state index contributed by atoms with van der Waals surface area (Å²) in [4.78, 5) is 11.9.